The van der Waals surface area contributed by atoms with Gasteiger partial charge in [-0.1, -0.05) is 0 Å². The molecule has 0 spiro atoms. The van der Waals surface area contributed by atoms with Gasteiger partial charge in [-0.05, 0) is 37.0 Å². The van der Waals surface area contributed by atoms with Gasteiger partial charge in [-0.25, -0.2) is 4.39 Å². The quantitative estimate of drug-likeness (QED) is 0.850. The van der Waals surface area contributed by atoms with Crippen molar-refractivity contribution >= 4 is 5.69 Å². The minimum atomic E-state index is -0.388. The Balaban J connectivity index is 2.24. The van der Waals surface area contributed by atoms with E-state index in [-0.39, 0.29) is 18.3 Å². The number of halogens is 1. The number of hydrogen-bond acceptors (Lipinski definition) is 3. The Bertz CT molecular complexity index is 442. The molecule has 1 saturated heterocycles. The molecule has 17 heavy (non-hydrogen) atoms. The Morgan fingerprint density at radius 2 is 2.35 bits per heavy atom. The molecule has 0 amide bonds. The molecule has 4 heteroatoms. The Kier molecular flexibility index (Phi) is 3.60. The molecule has 1 atom stereocenters. The molecule has 0 aromatic heterocycles. The highest BCUT2D eigenvalue weighted by atomic mass is 19.1. The standard InChI is InChI=1S/C13H15FN2O/c14-12-3-4-13(11(6-12)7-15)16-5-1-2-10(8-16)9-17/h3-4,6,10,17H,1-2,5,8-9H2. The van der Waals surface area contributed by atoms with Gasteiger partial charge >= 0.3 is 0 Å². The molecule has 1 aromatic carbocycles. The largest absolute Gasteiger partial charge is 0.396 e. The maximum Gasteiger partial charge on any atom is 0.124 e. The van der Waals surface area contributed by atoms with Crippen LogP contribution in [0.4, 0.5) is 10.1 Å². The minimum absolute atomic E-state index is 0.166. The number of rotatable bonds is 2. The van der Waals surface area contributed by atoms with Crippen molar-refractivity contribution in [1.29, 1.82) is 5.26 Å². The summed E-state index contributed by atoms with van der Waals surface area (Å²) in [5.74, 6) is -0.138. The molecule has 90 valence electrons. The highest BCUT2D eigenvalue weighted by molar-refractivity contribution is 5.59. The Morgan fingerprint density at radius 3 is 3.06 bits per heavy atom. The summed E-state index contributed by atoms with van der Waals surface area (Å²) in [6.45, 7) is 1.76. The number of aliphatic hydroxyl groups excluding tert-OH is 1. The molecular weight excluding hydrogens is 219 g/mol. The fraction of sp³-hybridized carbons (Fsp3) is 0.462. The van der Waals surface area contributed by atoms with Crippen LogP contribution in [0.25, 0.3) is 0 Å². The van der Waals surface area contributed by atoms with Gasteiger partial charge in [0.15, 0.2) is 0 Å². The van der Waals surface area contributed by atoms with E-state index in [1.165, 1.54) is 12.1 Å². The van der Waals surface area contributed by atoms with Crippen LogP contribution in [0.1, 0.15) is 18.4 Å². The Labute approximate surface area is 100 Å². The molecular formula is C13H15FN2O. The second-order valence-electron chi connectivity index (χ2n) is 4.41. The zero-order chi connectivity index (χ0) is 12.3. The van der Waals surface area contributed by atoms with Gasteiger partial charge in [0.05, 0.1) is 11.3 Å². The summed E-state index contributed by atoms with van der Waals surface area (Å²) in [4.78, 5) is 2.06. The van der Waals surface area contributed by atoms with E-state index < -0.39 is 0 Å². The first-order valence-electron chi connectivity index (χ1n) is 5.80. The summed E-state index contributed by atoms with van der Waals surface area (Å²) < 4.78 is 13.0. The maximum absolute atomic E-state index is 13.0. The van der Waals surface area contributed by atoms with Crippen molar-refractivity contribution in [3.05, 3.63) is 29.6 Å². The molecule has 1 unspecified atom stereocenters. The SMILES string of the molecule is N#Cc1cc(F)ccc1N1CCCC(CO)C1. The lowest BCUT2D eigenvalue weighted by molar-refractivity contribution is 0.208. The van der Waals surface area contributed by atoms with Gasteiger partial charge in [-0.15, -0.1) is 0 Å². The highest BCUT2D eigenvalue weighted by Crippen LogP contribution is 2.26. The van der Waals surface area contributed by atoms with Crippen molar-refractivity contribution in [2.45, 2.75) is 12.8 Å². The molecule has 1 aromatic rings. The van der Waals surface area contributed by atoms with Gasteiger partial charge in [-0.2, -0.15) is 5.26 Å². The fourth-order valence-electron chi connectivity index (χ4n) is 2.31. The Hall–Kier alpha value is -1.60. The first-order chi connectivity index (χ1) is 8.24. The van der Waals surface area contributed by atoms with Crippen molar-refractivity contribution in [3.8, 4) is 6.07 Å². The second kappa shape index (κ2) is 5.15. The number of aliphatic hydroxyl groups is 1. The lowest BCUT2D eigenvalue weighted by Gasteiger charge is -2.34. The fourth-order valence-corrected chi connectivity index (χ4v) is 2.31. The van der Waals surface area contributed by atoms with Crippen molar-refractivity contribution in [3.63, 3.8) is 0 Å². The molecule has 1 heterocycles. The normalized spacial score (nSPS) is 20.1. The average Bonchev–Trinajstić information content (AvgIpc) is 2.38. The van der Waals surface area contributed by atoms with E-state index in [0.717, 1.165) is 31.6 Å². The molecule has 0 radical (unpaired) electrons. The summed E-state index contributed by atoms with van der Waals surface area (Å²) >= 11 is 0. The zero-order valence-electron chi connectivity index (χ0n) is 9.56. The number of benzene rings is 1. The van der Waals surface area contributed by atoms with Crippen LogP contribution >= 0.6 is 0 Å². The second-order valence-corrected chi connectivity index (χ2v) is 4.41. The van der Waals surface area contributed by atoms with Gasteiger partial charge < -0.3 is 10.0 Å². The molecule has 0 aliphatic carbocycles. The maximum atomic E-state index is 13.0. The van der Waals surface area contributed by atoms with E-state index in [1.807, 2.05) is 6.07 Å². The lowest BCUT2D eigenvalue weighted by Crippen LogP contribution is -2.37. The van der Waals surface area contributed by atoms with E-state index in [2.05, 4.69) is 4.90 Å². The van der Waals surface area contributed by atoms with Crippen LogP contribution in [-0.4, -0.2) is 24.8 Å². The van der Waals surface area contributed by atoms with Crippen LogP contribution in [-0.2, 0) is 0 Å². The Morgan fingerprint density at radius 1 is 1.53 bits per heavy atom. The smallest absolute Gasteiger partial charge is 0.124 e. The lowest BCUT2D eigenvalue weighted by atomic mass is 9.98. The summed E-state index contributed by atoms with van der Waals surface area (Å²) in [6, 6.07) is 6.30. The highest BCUT2D eigenvalue weighted by Gasteiger charge is 2.21. The van der Waals surface area contributed by atoms with Crippen molar-refractivity contribution in [1.82, 2.24) is 0 Å². The van der Waals surface area contributed by atoms with Crippen LogP contribution in [0, 0.1) is 23.1 Å². The van der Waals surface area contributed by atoms with Gasteiger partial charge in [0.2, 0.25) is 0 Å². The van der Waals surface area contributed by atoms with Crippen LogP contribution in [0.5, 0.6) is 0 Å². The summed E-state index contributed by atoms with van der Waals surface area (Å²) in [5, 5.41) is 18.2. The van der Waals surface area contributed by atoms with Gasteiger partial charge in [0.1, 0.15) is 11.9 Å². The van der Waals surface area contributed by atoms with Crippen LogP contribution < -0.4 is 4.90 Å². The average molecular weight is 234 g/mol. The summed E-state index contributed by atoms with van der Waals surface area (Å²) in [5.41, 5.74) is 1.13. The van der Waals surface area contributed by atoms with Crippen molar-refractivity contribution in [2.75, 3.05) is 24.6 Å². The van der Waals surface area contributed by atoms with E-state index in [4.69, 9.17) is 5.26 Å². The molecule has 2 rings (SSSR count). The van der Waals surface area contributed by atoms with E-state index in [0.29, 0.717) is 5.56 Å². The van der Waals surface area contributed by atoms with Crippen molar-refractivity contribution in [2.24, 2.45) is 5.92 Å². The van der Waals surface area contributed by atoms with Gasteiger partial charge in [0.25, 0.3) is 0 Å². The summed E-state index contributed by atoms with van der Waals surface area (Å²) in [7, 11) is 0. The number of nitrogens with zero attached hydrogens (tertiary/aromatic N) is 2. The number of nitriles is 1. The molecule has 1 aliphatic heterocycles. The predicted octanol–water partition coefficient (Wildman–Crippen LogP) is 1.91. The predicted molar refractivity (Wildman–Crippen MR) is 63.1 cm³/mol. The molecule has 1 fully saturated rings. The van der Waals surface area contributed by atoms with Crippen LogP contribution in [0.3, 0.4) is 0 Å². The number of hydrogen-bond donors (Lipinski definition) is 1. The molecule has 0 saturated carbocycles. The van der Waals surface area contributed by atoms with E-state index in [1.54, 1.807) is 6.07 Å². The first kappa shape index (κ1) is 11.9. The molecule has 1 aliphatic rings. The van der Waals surface area contributed by atoms with Crippen LogP contribution in [0.15, 0.2) is 18.2 Å². The van der Waals surface area contributed by atoms with Gasteiger partial charge in [-0.3, -0.25) is 0 Å². The molecule has 0 bridgehead atoms. The summed E-state index contributed by atoms with van der Waals surface area (Å²) in [6.07, 6.45) is 2.00. The zero-order valence-corrected chi connectivity index (χ0v) is 9.56. The minimum Gasteiger partial charge on any atom is -0.396 e. The number of piperidine rings is 1. The monoisotopic (exact) mass is 234 g/mol. The van der Waals surface area contributed by atoms with Crippen molar-refractivity contribution < 1.29 is 9.50 Å². The number of anilines is 1. The molecule has 1 N–H and O–H groups in total. The topological polar surface area (TPSA) is 47.3 Å². The third kappa shape index (κ3) is 2.56. The molecule has 3 nitrogen and oxygen atoms in total. The third-order valence-electron chi connectivity index (χ3n) is 3.20. The van der Waals surface area contributed by atoms with E-state index >= 15 is 0 Å². The van der Waals surface area contributed by atoms with Gasteiger partial charge in [0, 0.05) is 19.7 Å². The van der Waals surface area contributed by atoms with Crippen LogP contribution in [0.2, 0.25) is 0 Å². The van der Waals surface area contributed by atoms with E-state index in [9.17, 15) is 9.50 Å². The third-order valence-corrected chi connectivity index (χ3v) is 3.20. The first-order valence-corrected chi connectivity index (χ1v) is 5.80.